The molecule has 2 N–H and O–H groups in total. The molecule has 0 bridgehead atoms. The second kappa shape index (κ2) is 7.03. The highest BCUT2D eigenvalue weighted by atomic mass is 16.4. The van der Waals surface area contributed by atoms with E-state index in [1.165, 1.54) is 4.90 Å². The molecular weight excluding hydrogens is 244 g/mol. The van der Waals surface area contributed by atoms with E-state index in [9.17, 15) is 14.7 Å². The Morgan fingerprint density at radius 2 is 1.89 bits per heavy atom. The lowest BCUT2D eigenvalue weighted by Gasteiger charge is -2.32. The molecule has 0 aromatic rings. The van der Waals surface area contributed by atoms with Crippen molar-refractivity contribution in [3.05, 3.63) is 0 Å². The first-order valence-electron chi connectivity index (χ1n) is 6.79. The number of amides is 2. The molecule has 0 heterocycles. The Labute approximate surface area is 114 Å². The van der Waals surface area contributed by atoms with Gasteiger partial charge in [0.2, 0.25) is 0 Å². The minimum absolute atomic E-state index is 0.192. The smallest absolute Gasteiger partial charge is 0.329 e. The van der Waals surface area contributed by atoms with Crippen molar-refractivity contribution in [1.29, 1.82) is 0 Å². The third kappa shape index (κ3) is 3.88. The van der Waals surface area contributed by atoms with Crippen molar-refractivity contribution in [3.8, 4) is 12.3 Å². The van der Waals surface area contributed by atoms with Gasteiger partial charge in [0.25, 0.3) is 0 Å². The Balaban J connectivity index is 2.80. The highest BCUT2D eigenvalue weighted by Crippen LogP contribution is 2.27. The average Bonchev–Trinajstić information content (AvgIpc) is 2.62. The first-order chi connectivity index (χ1) is 9.05. The SMILES string of the molecule is C#CCN(CC)C(=O)NC1(C(=O)O)CCCCCC1. The molecule has 0 spiro atoms. The lowest BCUT2D eigenvalue weighted by atomic mass is 9.90. The van der Waals surface area contributed by atoms with Gasteiger partial charge in [-0.1, -0.05) is 31.6 Å². The predicted octanol–water partition coefficient (Wildman–Crippen LogP) is 1.83. The molecule has 0 aromatic heterocycles. The van der Waals surface area contributed by atoms with Crippen molar-refractivity contribution in [2.24, 2.45) is 0 Å². The summed E-state index contributed by atoms with van der Waals surface area (Å²) < 4.78 is 0. The fourth-order valence-corrected chi connectivity index (χ4v) is 2.45. The topological polar surface area (TPSA) is 69.6 Å². The number of carbonyl (C=O) groups is 2. The van der Waals surface area contributed by atoms with Crippen LogP contribution in [0.2, 0.25) is 0 Å². The van der Waals surface area contributed by atoms with Gasteiger partial charge in [0, 0.05) is 6.54 Å². The van der Waals surface area contributed by atoms with E-state index in [0.29, 0.717) is 19.4 Å². The summed E-state index contributed by atoms with van der Waals surface area (Å²) in [5, 5.41) is 12.2. The van der Waals surface area contributed by atoms with E-state index in [-0.39, 0.29) is 12.6 Å². The van der Waals surface area contributed by atoms with Gasteiger partial charge in [-0.05, 0) is 19.8 Å². The standard InChI is InChI=1S/C14H22N2O3/c1-3-11-16(4-2)13(19)15-14(12(17)18)9-7-5-6-8-10-14/h1H,4-11H2,2H3,(H,15,19)(H,17,18). The molecule has 0 aromatic carbocycles. The maximum atomic E-state index is 12.1. The highest BCUT2D eigenvalue weighted by Gasteiger charge is 2.40. The lowest BCUT2D eigenvalue weighted by Crippen LogP contribution is -2.57. The van der Waals surface area contributed by atoms with Crippen molar-refractivity contribution < 1.29 is 14.7 Å². The summed E-state index contributed by atoms with van der Waals surface area (Å²) in [6.07, 6.45) is 9.88. The molecule has 1 aliphatic carbocycles. The fourth-order valence-electron chi connectivity index (χ4n) is 2.45. The molecule has 1 fully saturated rings. The average molecular weight is 266 g/mol. The van der Waals surface area contributed by atoms with E-state index in [1.807, 2.05) is 6.92 Å². The van der Waals surface area contributed by atoms with Gasteiger partial charge in [-0.15, -0.1) is 6.42 Å². The summed E-state index contributed by atoms with van der Waals surface area (Å²) in [6, 6.07) is -0.384. The summed E-state index contributed by atoms with van der Waals surface area (Å²) in [5.41, 5.74) is -1.13. The number of nitrogens with one attached hydrogen (secondary N) is 1. The van der Waals surface area contributed by atoms with Crippen LogP contribution >= 0.6 is 0 Å². The van der Waals surface area contributed by atoms with Gasteiger partial charge in [-0.3, -0.25) is 0 Å². The number of aliphatic carboxylic acids is 1. The molecule has 5 nitrogen and oxygen atoms in total. The quantitative estimate of drug-likeness (QED) is 0.602. The van der Waals surface area contributed by atoms with E-state index in [1.54, 1.807) is 0 Å². The van der Waals surface area contributed by atoms with Crippen molar-refractivity contribution in [3.63, 3.8) is 0 Å². The number of hydrogen-bond donors (Lipinski definition) is 2. The number of hydrogen-bond acceptors (Lipinski definition) is 2. The number of carboxylic acid groups (broad SMARTS) is 1. The van der Waals surface area contributed by atoms with Gasteiger partial charge in [-0.2, -0.15) is 0 Å². The van der Waals surface area contributed by atoms with Crippen LogP contribution < -0.4 is 5.32 Å². The minimum Gasteiger partial charge on any atom is -0.480 e. The zero-order valence-corrected chi connectivity index (χ0v) is 11.4. The maximum Gasteiger partial charge on any atom is 0.329 e. The molecule has 5 heteroatoms. The Kier molecular flexibility index (Phi) is 5.68. The molecule has 1 saturated carbocycles. The zero-order valence-electron chi connectivity index (χ0n) is 11.4. The van der Waals surface area contributed by atoms with Gasteiger partial charge in [0.05, 0.1) is 6.54 Å². The molecule has 0 atom stereocenters. The van der Waals surface area contributed by atoms with E-state index in [4.69, 9.17) is 6.42 Å². The van der Waals surface area contributed by atoms with Crippen LogP contribution in [0.5, 0.6) is 0 Å². The number of nitrogens with zero attached hydrogens (tertiary/aromatic N) is 1. The second-order valence-electron chi connectivity index (χ2n) is 4.95. The van der Waals surface area contributed by atoms with Gasteiger partial charge in [0.15, 0.2) is 0 Å². The van der Waals surface area contributed by atoms with Crippen LogP contribution in [0, 0.1) is 12.3 Å². The molecule has 0 unspecified atom stereocenters. The number of terminal acetylenes is 1. The number of urea groups is 1. The van der Waals surface area contributed by atoms with E-state index in [0.717, 1.165) is 25.7 Å². The molecule has 0 saturated heterocycles. The molecule has 0 aliphatic heterocycles. The van der Waals surface area contributed by atoms with Crippen LogP contribution in [-0.2, 0) is 4.79 Å². The van der Waals surface area contributed by atoms with Crippen LogP contribution in [-0.4, -0.2) is 40.6 Å². The van der Waals surface area contributed by atoms with Gasteiger partial charge >= 0.3 is 12.0 Å². The molecule has 0 radical (unpaired) electrons. The monoisotopic (exact) mass is 266 g/mol. The van der Waals surface area contributed by atoms with E-state index >= 15 is 0 Å². The summed E-state index contributed by atoms with van der Waals surface area (Å²) in [7, 11) is 0. The summed E-state index contributed by atoms with van der Waals surface area (Å²) in [5.74, 6) is 1.46. The van der Waals surface area contributed by atoms with E-state index < -0.39 is 11.5 Å². The third-order valence-corrected chi connectivity index (χ3v) is 3.66. The lowest BCUT2D eigenvalue weighted by molar-refractivity contribution is -0.145. The van der Waals surface area contributed by atoms with Crippen LogP contribution in [0.1, 0.15) is 45.4 Å². The van der Waals surface area contributed by atoms with Crippen LogP contribution in [0.15, 0.2) is 0 Å². The molecule has 106 valence electrons. The predicted molar refractivity (Wildman–Crippen MR) is 72.7 cm³/mol. The van der Waals surface area contributed by atoms with Gasteiger partial charge in [-0.25, -0.2) is 9.59 Å². The van der Waals surface area contributed by atoms with Crippen LogP contribution in [0.4, 0.5) is 4.79 Å². The van der Waals surface area contributed by atoms with E-state index in [2.05, 4.69) is 11.2 Å². The van der Waals surface area contributed by atoms with Crippen LogP contribution in [0.25, 0.3) is 0 Å². The van der Waals surface area contributed by atoms with Crippen LogP contribution in [0.3, 0.4) is 0 Å². The van der Waals surface area contributed by atoms with Gasteiger partial charge < -0.3 is 15.3 Å². The Morgan fingerprint density at radius 3 is 2.32 bits per heavy atom. The normalized spacial score (nSPS) is 17.9. The van der Waals surface area contributed by atoms with Crippen molar-refractivity contribution in [1.82, 2.24) is 10.2 Å². The summed E-state index contributed by atoms with van der Waals surface area (Å²) >= 11 is 0. The molecule has 1 rings (SSSR count). The Bertz CT molecular complexity index is 365. The van der Waals surface area contributed by atoms with Crippen molar-refractivity contribution in [2.75, 3.05) is 13.1 Å². The van der Waals surface area contributed by atoms with Crippen molar-refractivity contribution >= 4 is 12.0 Å². The third-order valence-electron chi connectivity index (χ3n) is 3.66. The Morgan fingerprint density at radius 1 is 1.32 bits per heavy atom. The Hall–Kier alpha value is -1.70. The largest absolute Gasteiger partial charge is 0.480 e. The van der Waals surface area contributed by atoms with Crippen molar-refractivity contribution in [2.45, 2.75) is 51.0 Å². The number of carboxylic acids is 1. The maximum absolute atomic E-state index is 12.1. The summed E-state index contributed by atoms with van der Waals surface area (Å²) in [6.45, 7) is 2.47. The first kappa shape index (κ1) is 15.4. The number of rotatable bonds is 4. The number of carbonyl (C=O) groups excluding carboxylic acids is 1. The van der Waals surface area contributed by atoms with Gasteiger partial charge in [0.1, 0.15) is 5.54 Å². The zero-order chi connectivity index (χ0) is 14.3. The molecule has 1 aliphatic rings. The summed E-state index contributed by atoms with van der Waals surface area (Å²) in [4.78, 5) is 25.1. The molecular formula is C14H22N2O3. The second-order valence-corrected chi connectivity index (χ2v) is 4.95. The minimum atomic E-state index is -1.13. The highest BCUT2D eigenvalue weighted by molar-refractivity contribution is 5.86. The molecule has 19 heavy (non-hydrogen) atoms. The first-order valence-corrected chi connectivity index (χ1v) is 6.79. The fraction of sp³-hybridized carbons (Fsp3) is 0.714. The molecule has 2 amide bonds.